The second kappa shape index (κ2) is 4.78. The molecule has 0 fully saturated rings. The molecular formula is C9H9ClF3NO2. The van der Waals surface area contributed by atoms with Gasteiger partial charge in [-0.05, 0) is 6.92 Å². The molecule has 0 amide bonds. The molecule has 1 aromatic rings. The highest BCUT2D eigenvalue weighted by molar-refractivity contribution is 6.17. The van der Waals surface area contributed by atoms with Crippen molar-refractivity contribution >= 4 is 11.6 Å². The van der Waals surface area contributed by atoms with Crippen LogP contribution < -0.4 is 9.47 Å². The summed E-state index contributed by atoms with van der Waals surface area (Å²) in [6, 6.07) is 1.10. The van der Waals surface area contributed by atoms with Gasteiger partial charge >= 0.3 is 6.36 Å². The Hall–Kier alpha value is -1.17. The van der Waals surface area contributed by atoms with Crippen molar-refractivity contribution in [2.75, 3.05) is 7.11 Å². The van der Waals surface area contributed by atoms with E-state index >= 15 is 0 Å². The van der Waals surface area contributed by atoms with Gasteiger partial charge in [-0.1, -0.05) is 0 Å². The fourth-order valence-electron chi connectivity index (χ4n) is 1.24. The molecule has 3 nitrogen and oxygen atoms in total. The fourth-order valence-corrected chi connectivity index (χ4v) is 1.44. The number of aromatic nitrogens is 1. The summed E-state index contributed by atoms with van der Waals surface area (Å²) in [7, 11) is 1.39. The molecule has 0 N–H and O–H groups in total. The average molecular weight is 256 g/mol. The minimum Gasteiger partial charge on any atom is -0.495 e. The van der Waals surface area contributed by atoms with E-state index in [9.17, 15) is 13.2 Å². The van der Waals surface area contributed by atoms with Crippen LogP contribution in [0.3, 0.4) is 0 Å². The summed E-state index contributed by atoms with van der Waals surface area (Å²) < 4.78 is 44.6. The highest BCUT2D eigenvalue weighted by Gasteiger charge is 2.32. The van der Waals surface area contributed by atoms with E-state index in [0.29, 0.717) is 17.0 Å². The first-order valence-electron chi connectivity index (χ1n) is 4.23. The van der Waals surface area contributed by atoms with Gasteiger partial charge in [-0.3, -0.25) is 0 Å². The van der Waals surface area contributed by atoms with Gasteiger partial charge in [0.2, 0.25) is 5.88 Å². The Balaban J connectivity index is 3.10. The lowest BCUT2D eigenvalue weighted by atomic mass is 10.2. The number of pyridine rings is 1. The Labute approximate surface area is 95.1 Å². The van der Waals surface area contributed by atoms with Crippen molar-refractivity contribution in [1.82, 2.24) is 4.98 Å². The quantitative estimate of drug-likeness (QED) is 0.778. The zero-order chi connectivity index (χ0) is 12.3. The number of alkyl halides is 4. The number of rotatable bonds is 3. The van der Waals surface area contributed by atoms with Gasteiger partial charge in [-0.2, -0.15) is 0 Å². The van der Waals surface area contributed by atoms with Crippen LogP contribution in [0.2, 0.25) is 0 Å². The summed E-state index contributed by atoms with van der Waals surface area (Å²) >= 11 is 5.58. The average Bonchev–Trinajstić information content (AvgIpc) is 2.14. The lowest BCUT2D eigenvalue weighted by Crippen LogP contribution is -2.18. The van der Waals surface area contributed by atoms with E-state index in [1.165, 1.54) is 14.0 Å². The molecule has 0 saturated carbocycles. The van der Waals surface area contributed by atoms with Crippen LogP contribution in [0.4, 0.5) is 13.2 Å². The number of hydrogen-bond donors (Lipinski definition) is 0. The minimum atomic E-state index is -4.77. The molecule has 0 unspecified atom stereocenters. The van der Waals surface area contributed by atoms with Gasteiger partial charge in [-0.25, -0.2) is 4.98 Å². The van der Waals surface area contributed by atoms with E-state index in [4.69, 9.17) is 16.3 Å². The molecule has 0 aliphatic carbocycles. The van der Waals surface area contributed by atoms with E-state index in [1.54, 1.807) is 0 Å². The maximum Gasteiger partial charge on any atom is 0.574 e. The second-order valence-corrected chi connectivity index (χ2v) is 3.19. The fraction of sp³-hybridized carbons (Fsp3) is 0.444. The Bertz CT molecular complexity index is 382. The molecule has 0 bridgehead atoms. The molecule has 0 radical (unpaired) electrons. The Morgan fingerprint density at radius 2 is 2.06 bits per heavy atom. The van der Waals surface area contributed by atoms with Crippen molar-refractivity contribution in [2.24, 2.45) is 0 Å². The molecule has 0 saturated heterocycles. The van der Waals surface area contributed by atoms with Gasteiger partial charge in [0.15, 0.2) is 0 Å². The Kier molecular flexibility index (Phi) is 3.85. The number of ether oxygens (including phenoxy) is 2. The normalized spacial score (nSPS) is 11.4. The molecule has 1 heterocycles. The maximum absolute atomic E-state index is 12.0. The summed E-state index contributed by atoms with van der Waals surface area (Å²) in [5.41, 5.74) is 0.691. The largest absolute Gasteiger partial charge is 0.574 e. The van der Waals surface area contributed by atoms with E-state index in [2.05, 4.69) is 9.72 Å². The van der Waals surface area contributed by atoms with Crippen molar-refractivity contribution in [3.63, 3.8) is 0 Å². The van der Waals surface area contributed by atoms with Crippen LogP contribution in [0.15, 0.2) is 6.07 Å². The van der Waals surface area contributed by atoms with Crippen molar-refractivity contribution < 1.29 is 22.6 Å². The molecule has 7 heteroatoms. The van der Waals surface area contributed by atoms with Crippen molar-refractivity contribution in [2.45, 2.75) is 19.2 Å². The first kappa shape index (κ1) is 12.9. The topological polar surface area (TPSA) is 31.4 Å². The standard InChI is InChI=1S/C9H9ClF3NO2/c1-5-8(15-2)6(4-10)3-7(14-5)16-9(11,12)13/h3H,4H2,1-2H3. The number of methoxy groups -OCH3 is 1. The van der Waals surface area contributed by atoms with Crippen LogP contribution >= 0.6 is 11.6 Å². The van der Waals surface area contributed by atoms with Gasteiger partial charge in [0, 0.05) is 11.6 Å². The molecule has 1 aromatic heterocycles. The van der Waals surface area contributed by atoms with Gasteiger partial charge in [-0.15, -0.1) is 24.8 Å². The molecule has 0 aliphatic rings. The number of halogens is 4. The second-order valence-electron chi connectivity index (χ2n) is 2.92. The monoisotopic (exact) mass is 255 g/mol. The zero-order valence-corrected chi connectivity index (χ0v) is 9.32. The van der Waals surface area contributed by atoms with E-state index < -0.39 is 12.2 Å². The summed E-state index contributed by atoms with van der Waals surface area (Å²) in [6.45, 7) is 1.51. The molecule has 16 heavy (non-hydrogen) atoms. The van der Waals surface area contributed by atoms with Gasteiger partial charge in [0.25, 0.3) is 0 Å². The third kappa shape index (κ3) is 3.16. The number of aryl methyl sites for hydroxylation is 1. The number of hydrogen-bond acceptors (Lipinski definition) is 3. The van der Waals surface area contributed by atoms with Gasteiger partial charge < -0.3 is 9.47 Å². The summed E-state index contributed by atoms with van der Waals surface area (Å²) in [5.74, 6) is -0.160. The molecule has 90 valence electrons. The third-order valence-corrected chi connectivity index (χ3v) is 2.05. The molecule has 0 spiro atoms. The van der Waals surface area contributed by atoms with E-state index in [1.807, 2.05) is 0 Å². The summed E-state index contributed by atoms with van der Waals surface area (Å²) in [6.07, 6.45) is -4.77. The molecule has 1 rings (SSSR count). The van der Waals surface area contributed by atoms with Crippen LogP contribution in [0.5, 0.6) is 11.6 Å². The molecule has 0 atom stereocenters. The first-order valence-corrected chi connectivity index (χ1v) is 4.77. The third-order valence-electron chi connectivity index (χ3n) is 1.76. The predicted octanol–water partition coefficient (Wildman–Crippen LogP) is 3.04. The molecule has 0 aromatic carbocycles. The van der Waals surface area contributed by atoms with Crippen LogP contribution in [-0.2, 0) is 5.88 Å². The first-order chi connectivity index (χ1) is 7.37. The smallest absolute Gasteiger partial charge is 0.495 e. The van der Waals surface area contributed by atoms with E-state index in [0.717, 1.165) is 6.07 Å². The van der Waals surface area contributed by atoms with Crippen molar-refractivity contribution in [3.8, 4) is 11.6 Å². The van der Waals surface area contributed by atoms with Crippen LogP contribution in [0.1, 0.15) is 11.3 Å². The maximum atomic E-state index is 12.0. The van der Waals surface area contributed by atoms with Crippen molar-refractivity contribution in [1.29, 1.82) is 0 Å². The number of nitrogens with zero attached hydrogens (tertiary/aromatic N) is 1. The van der Waals surface area contributed by atoms with Gasteiger partial charge in [0.1, 0.15) is 5.75 Å². The lowest BCUT2D eigenvalue weighted by Gasteiger charge is -2.13. The predicted molar refractivity (Wildman–Crippen MR) is 51.8 cm³/mol. The Morgan fingerprint density at radius 1 is 1.44 bits per heavy atom. The molecule has 0 aliphatic heterocycles. The Morgan fingerprint density at radius 3 is 2.50 bits per heavy atom. The van der Waals surface area contributed by atoms with Crippen molar-refractivity contribution in [3.05, 3.63) is 17.3 Å². The SMILES string of the molecule is COc1c(CCl)cc(OC(F)(F)F)nc1C. The van der Waals surface area contributed by atoms with Crippen LogP contribution in [-0.4, -0.2) is 18.5 Å². The summed E-state index contributed by atoms with van der Waals surface area (Å²) in [5, 5.41) is 0. The van der Waals surface area contributed by atoms with Crippen LogP contribution in [0.25, 0.3) is 0 Å². The van der Waals surface area contributed by atoms with Crippen LogP contribution in [0, 0.1) is 6.92 Å². The van der Waals surface area contributed by atoms with E-state index in [-0.39, 0.29) is 5.88 Å². The lowest BCUT2D eigenvalue weighted by molar-refractivity contribution is -0.276. The highest BCUT2D eigenvalue weighted by Crippen LogP contribution is 2.29. The zero-order valence-electron chi connectivity index (χ0n) is 8.56. The highest BCUT2D eigenvalue weighted by atomic mass is 35.5. The summed E-state index contributed by atoms with van der Waals surface area (Å²) in [4.78, 5) is 3.61. The minimum absolute atomic E-state index is 0.0146. The molecular weight excluding hydrogens is 247 g/mol. The van der Waals surface area contributed by atoms with Gasteiger partial charge in [0.05, 0.1) is 18.7 Å².